The molecule has 22 heavy (non-hydrogen) atoms. The SMILES string of the molecule is O=C(O)c1cc(-n2nnc(C(=O)O)c2C(F)(F)F)ccc1O. The van der Waals surface area contributed by atoms with Gasteiger partial charge in [-0.1, -0.05) is 5.21 Å². The van der Waals surface area contributed by atoms with Crippen LogP contribution < -0.4 is 0 Å². The molecule has 0 unspecified atom stereocenters. The highest BCUT2D eigenvalue weighted by molar-refractivity contribution is 5.91. The zero-order valence-electron chi connectivity index (χ0n) is 10.4. The van der Waals surface area contributed by atoms with Crippen molar-refractivity contribution in [3.8, 4) is 11.4 Å². The Hall–Kier alpha value is -3.11. The van der Waals surface area contributed by atoms with Crippen molar-refractivity contribution in [1.82, 2.24) is 15.0 Å². The Morgan fingerprint density at radius 1 is 1.14 bits per heavy atom. The van der Waals surface area contributed by atoms with Gasteiger partial charge in [-0.25, -0.2) is 14.3 Å². The van der Waals surface area contributed by atoms with Gasteiger partial charge in [0.15, 0.2) is 5.69 Å². The molecular weight excluding hydrogens is 311 g/mol. The number of carboxylic acids is 2. The number of carbonyl (C=O) groups is 2. The van der Waals surface area contributed by atoms with Gasteiger partial charge in [-0.2, -0.15) is 13.2 Å². The van der Waals surface area contributed by atoms with Crippen molar-refractivity contribution in [1.29, 1.82) is 0 Å². The Balaban J connectivity index is 2.71. The Bertz CT molecular complexity index is 769. The first-order valence-electron chi connectivity index (χ1n) is 5.45. The first kappa shape index (κ1) is 15.3. The highest BCUT2D eigenvalue weighted by Crippen LogP contribution is 2.33. The topological polar surface area (TPSA) is 126 Å². The summed E-state index contributed by atoms with van der Waals surface area (Å²) in [6.45, 7) is 0. The van der Waals surface area contributed by atoms with Crippen LogP contribution in [0.1, 0.15) is 26.5 Å². The Kier molecular flexibility index (Phi) is 3.49. The lowest BCUT2D eigenvalue weighted by atomic mass is 10.1. The van der Waals surface area contributed by atoms with Crippen LogP contribution in [-0.4, -0.2) is 42.3 Å². The molecule has 116 valence electrons. The largest absolute Gasteiger partial charge is 0.507 e. The molecule has 1 heterocycles. The summed E-state index contributed by atoms with van der Waals surface area (Å²) in [7, 11) is 0. The summed E-state index contributed by atoms with van der Waals surface area (Å²) < 4.78 is 39.1. The first-order valence-corrected chi connectivity index (χ1v) is 5.45. The molecule has 0 bridgehead atoms. The van der Waals surface area contributed by atoms with E-state index in [9.17, 15) is 27.9 Å². The molecule has 2 rings (SSSR count). The average Bonchev–Trinajstić information content (AvgIpc) is 2.83. The van der Waals surface area contributed by atoms with Crippen LogP contribution in [0.4, 0.5) is 13.2 Å². The lowest BCUT2D eigenvalue weighted by Crippen LogP contribution is -2.17. The monoisotopic (exact) mass is 317 g/mol. The summed E-state index contributed by atoms with van der Waals surface area (Å²) in [6.07, 6.45) is -5.08. The molecule has 1 aromatic carbocycles. The highest BCUT2D eigenvalue weighted by atomic mass is 19.4. The van der Waals surface area contributed by atoms with Crippen molar-refractivity contribution in [2.75, 3.05) is 0 Å². The van der Waals surface area contributed by atoms with Gasteiger partial charge in [0.05, 0.1) is 5.69 Å². The molecule has 0 aliphatic heterocycles. The summed E-state index contributed by atoms with van der Waals surface area (Å²) in [4.78, 5) is 21.7. The lowest BCUT2D eigenvalue weighted by molar-refractivity contribution is -0.143. The molecule has 2 aromatic rings. The maximum absolute atomic E-state index is 13.0. The minimum absolute atomic E-state index is 0.148. The molecule has 0 radical (unpaired) electrons. The van der Waals surface area contributed by atoms with E-state index in [-0.39, 0.29) is 4.68 Å². The van der Waals surface area contributed by atoms with Crippen LogP contribution in [0.2, 0.25) is 0 Å². The predicted molar refractivity (Wildman–Crippen MR) is 61.9 cm³/mol. The van der Waals surface area contributed by atoms with E-state index in [1.54, 1.807) is 0 Å². The number of carboxylic acid groups (broad SMARTS) is 2. The number of aromatic hydroxyl groups is 1. The molecule has 0 saturated heterocycles. The molecule has 8 nitrogen and oxygen atoms in total. The fourth-order valence-electron chi connectivity index (χ4n) is 1.69. The molecule has 11 heteroatoms. The standard InChI is InChI=1S/C11H6F3N3O5/c12-11(13,14)8-7(10(21)22)15-16-17(8)4-1-2-6(18)5(3-4)9(19)20/h1-3,18H,(H,19,20)(H,21,22). The maximum atomic E-state index is 13.0. The second-order valence-corrected chi connectivity index (χ2v) is 4.01. The van der Waals surface area contributed by atoms with E-state index in [0.717, 1.165) is 12.1 Å². The molecule has 3 N–H and O–H groups in total. The number of phenols is 1. The Labute approximate surface area is 119 Å². The van der Waals surface area contributed by atoms with E-state index in [4.69, 9.17) is 10.2 Å². The number of aromatic carboxylic acids is 2. The fourth-order valence-corrected chi connectivity index (χ4v) is 1.69. The number of benzene rings is 1. The molecule has 0 spiro atoms. The number of nitrogens with zero attached hydrogens (tertiary/aromatic N) is 3. The number of hydrogen-bond acceptors (Lipinski definition) is 5. The smallest absolute Gasteiger partial charge is 0.436 e. The third-order valence-corrected chi connectivity index (χ3v) is 2.60. The average molecular weight is 317 g/mol. The second kappa shape index (κ2) is 5.02. The number of aromatic nitrogens is 3. The van der Waals surface area contributed by atoms with Crippen LogP contribution in [0.25, 0.3) is 5.69 Å². The molecule has 0 saturated carbocycles. The molecule has 0 fully saturated rings. The van der Waals surface area contributed by atoms with Gasteiger partial charge < -0.3 is 15.3 Å². The molecular formula is C11H6F3N3O5. The maximum Gasteiger partial charge on any atom is 0.436 e. The van der Waals surface area contributed by atoms with E-state index < -0.39 is 46.5 Å². The van der Waals surface area contributed by atoms with Crippen molar-refractivity contribution in [2.24, 2.45) is 0 Å². The highest BCUT2D eigenvalue weighted by Gasteiger charge is 2.42. The van der Waals surface area contributed by atoms with Crippen molar-refractivity contribution < 1.29 is 38.1 Å². The summed E-state index contributed by atoms with van der Waals surface area (Å²) in [5, 5.41) is 32.9. The van der Waals surface area contributed by atoms with Gasteiger partial charge in [-0.05, 0) is 18.2 Å². The van der Waals surface area contributed by atoms with Gasteiger partial charge in [-0.3, -0.25) is 0 Å². The van der Waals surface area contributed by atoms with Crippen LogP contribution in [0.3, 0.4) is 0 Å². The van der Waals surface area contributed by atoms with Crippen molar-refractivity contribution >= 4 is 11.9 Å². The third kappa shape index (κ3) is 2.55. The summed E-state index contributed by atoms with van der Waals surface area (Å²) in [5.41, 5.74) is -4.07. The normalized spacial score (nSPS) is 11.4. The lowest BCUT2D eigenvalue weighted by Gasteiger charge is -2.11. The zero-order chi connectivity index (χ0) is 16.7. The Morgan fingerprint density at radius 3 is 2.27 bits per heavy atom. The minimum Gasteiger partial charge on any atom is -0.507 e. The van der Waals surface area contributed by atoms with Gasteiger partial charge >= 0.3 is 18.1 Å². The van der Waals surface area contributed by atoms with E-state index >= 15 is 0 Å². The van der Waals surface area contributed by atoms with Gasteiger partial charge in [0.2, 0.25) is 5.69 Å². The van der Waals surface area contributed by atoms with Gasteiger partial charge in [0.25, 0.3) is 0 Å². The second-order valence-electron chi connectivity index (χ2n) is 4.01. The third-order valence-electron chi connectivity index (χ3n) is 2.60. The fraction of sp³-hybridized carbons (Fsp3) is 0.0909. The van der Waals surface area contributed by atoms with Crippen LogP contribution in [0, 0.1) is 0 Å². The van der Waals surface area contributed by atoms with Gasteiger partial charge in [-0.15, -0.1) is 5.10 Å². The predicted octanol–water partition coefficient (Wildman–Crippen LogP) is 1.39. The molecule has 0 amide bonds. The number of hydrogen-bond donors (Lipinski definition) is 3. The Morgan fingerprint density at radius 2 is 1.77 bits per heavy atom. The summed E-state index contributed by atoms with van der Waals surface area (Å²) in [6, 6.07) is 2.51. The van der Waals surface area contributed by atoms with E-state index in [2.05, 4.69) is 10.3 Å². The molecule has 0 aliphatic rings. The molecule has 1 aromatic heterocycles. The number of alkyl halides is 3. The van der Waals surface area contributed by atoms with Crippen molar-refractivity contribution in [3.05, 3.63) is 35.2 Å². The van der Waals surface area contributed by atoms with Gasteiger partial charge in [0.1, 0.15) is 11.3 Å². The first-order chi connectivity index (χ1) is 10.1. The summed E-state index contributed by atoms with van der Waals surface area (Å²) >= 11 is 0. The number of halogens is 3. The van der Waals surface area contributed by atoms with Crippen LogP contribution in [0.15, 0.2) is 18.2 Å². The van der Waals surface area contributed by atoms with E-state index in [1.807, 2.05) is 0 Å². The molecule has 0 aliphatic carbocycles. The van der Waals surface area contributed by atoms with Crippen molar-refractivity contribution in [2.45, 2.75) is 6.18 Å². The van der Waals surface area contributed by atoms with Crippen LogP contribution in [0.5, 0.6) is 5.75 Å². The quantitative estimate of drug-likeness (QED) is 0.781. The molecule has 0 atom stereocenters. The minimum atomic E-state index is -5.08. The van der Waals surface area contributed by atoms with E-state index in [0.29, 0.717) is 6.07 Å². The van der Waals surface area contributed by atoms with Gasteiger partial charge in [0, 0.05) is 0 Å². The summed E-state index contributed by atoms with van der Waals surface area (Å²) in [5.74, 6) is -4.18. The number of rotatable bonds is 3. The van der Waals surface area contributed by atoms with Crippen molar-refractivity contribution in [3.63, 3.8) is 0 Å². The zero-order valence-corrected chi connectivity index (χ0v) is 10.4. The van der Waals surface area contributed by atoms with Crippen LogP contribution in [-0.2, 0) is 6.18 Å². The van der Waals surface area contributed by atoms with E-state index in [1.165, 1.54) is 0 Å². The van der Waals surface area contributed by atoms with Crippen LogP contribution >= 0.6 is 0 Å².